The maximum absolute atomic E-state index is 6.22. The fourth-order valence-electron chi connectivity index (χ4n) is 2.70. The van der Waals surface area contributed by atoms with Gasteiger partial charge in [0.05, 0.1) is 0 Å². The molecular formula is C15H21Cl2N. The number of halogens is 2. The molecule has 1 aromatic carbocycles. The third-order valence-electron chi connectivity index (χ3n) is 3.87. The second kappa shape index (κ2) is 6.79. The van der Waals surface area contributed by atoms with Gasteiger partial charge in [0.1, 0.15) is 0 Å². The molecule has 1 saturated carbocycles. The molecule has 18 heavy (non-hydrogen) atoms. The zero-order chi connectivity index (χ0) is 13.0. The maximum atomic E-state index is 6.22. The van der Waals surface area contributed by atoms with E-state index in [0.717, 1.165) is 23.0 Å². The van der Waals surface area contributed by atoms with Crippen molar-refractivity contribution in [2.24, 2.45) is 5.92 Å². The Morgan fingerprint density at radius 2 is 1.94 bits per heavy atom. The van der Waals surface area contributed by atoms with Crippen molar-refractivity contribution in [3.05, 3.63) is 33.8 Å². The van der Waals surface area contributed by atoms with Gasteiger partial charge in [-0.15, -0.1) is 0 Å². The number of hydrogen-bond donors (Lipinski definition) is 1. The maximum Gasteiger partial charge on any atom is 0.0468 e. The minimum atomic E-state index is 0.289. The van der Waals surface area contributed by atoms with Crippen LogP contribution in [-0.4, -0.2) is 6.54 Å². The molecule has 0 heterocycles. The fourth-order valence-corrected chi connectivity index (χ4v) is 3.27. The molecule has 0 spiro atoms. The van der Waals surface area contributed by atoms with Crippen LogP contribution in [0.5, 0.6) is 0 Å². The van der Waals surface area contributed by atoms with Crippen LogP contribution in [0.15, 0.2) is 18.2 Å². The van der Waals surface area contributed by atoms with Gasteiger partial charge < -0.3 is 5.32 Å². The van der Waals surface area contributed by atoms with E-state index in [2.05, 4.69) is 12.2 Å². The van der Waals surface area contributed by atoms with Gasteiger partial charge in [-0.3, -0.25) is 0 Å². The van der Waals surface area contributed by atoms with Gasteiger partial charge in [-0.2, -0.15) is 0 Å². The lowest BCUT2D eigenvalue weighted by Crippen LogP contribution is -2.27. The lowest BCUT2D eigenvalue weighted by atomic mass is 9.89. The van der Waals surface area contributed by atoms with Crippen LogP contribution in [0.2, 0.25) is 10.0 Å². The van der Waals surface area contributed by atoms with E-state index in [9.17, 15) is 0 Å². The summed E-state index contributed by atoms with van der Waals surface area (Å²) in [5.74, 6) is 0.840. The van der Waals surface area contributed by atoms with Gasteiger partial charge in [-0.1, -0.05) is 48.5 Å². The van der Waals surface area contributed by atoms with Gasteiger partial charge in [0.15, 0.2) is 0 Å². The molecule has 1 aromatic rings. The Morgan fingerprint density at radius 1 is 1.22 bits per heavy atom. The van der Waals surface area contributed by atoms with Crippen molar-refractivity contribution in [1.29, 1.82) is 0 Å². The Hall–Kier alpha value is -0.240. The average molecular weight is 286 g/mol. The molecule has 0 amide bonds. The van der Waals surface area contributed by atoms with E-state index >= 15 is 0 Å². The fraction of sp³-hybridized carbons (Fsp3) is 0.600. The van der Waals surface area contributed by atoms with Crippen LogP contribution in [0.1, 0.15) is 50.6 Å². The molecule has 1 nitrogen and oxygen atoms in total. The van der Waals surface area contributed by atoms with E-state index in [-0.39, 0.29) is 6.04 Å². The average Bonchev–Trinajstić information content (AvgIpc) is 2.37. The van der Waals surface area contributed by atoms with Crippen LogP contribution in [0.4, 0.5) is 0 Å². The Kier molecular flexibility index (Phi) is 5.35. The third kappa shape index (κ3) is 3.88. The van der Waals surface area contributed by atoms with Crippen molar-refractivity contribution in [3.63, 3.8) is 0 Å². The minimum absolute atomic E-state index is 0.289. The minimum Gasteiger partial charge on any atom is -0.310 e. The number of nitrogens with one attached hydrogen (secondary N) is 1. The SMILES string of the molecule is CC(NCC1CCCCC1)c1ccc(Cl)cc1Cl. The number of benzene rings is 1. The number of rotatable bonds is 4. The van der Waals surface area contributed by atoms with Crippen molar-refractivity contribution in [3.8, 4) is 0 Å². The van der Waals surface area contributed by atoms with Gasteiger partial charge in [-0.05, 0) is 49.9 Å². The molecule has 1 fully saturated rings. The summed E-state index contributed by atoms with van der Waals surface area (Å²) in [5.41, 5.74) is 1.14. The van der Waals surface area contributed by atoms with Crippen LogP contribution in [0.25, 0.3) is 0 Å². The highest BCUT2D eigenvalue weighted by molar-refractivity contribution is 6.35. The lowest BCUT2D eigenvalue weighted by Gasteiger charge is -2.24. The van der Waals surface area contributed by atoms with Gasteiger partial charge in [-0.25, -0.2) is 0 Å². The Bertz CT molecular complexity index is 386. The van der Waals surface area contributed by atoms with Crippen molar-refractivity contribution in [1.82, 2.24) is 5.32 Å². The summed E-state index contributed by atoms with van der Waals surface area (Å²) in [4.78, 5) is 0. The Balaban J connectivity index is 1.88. The zero-order valence-corrected chi connectivity index (χ0v) is 12.4. The number of hydrogen-bond acceptors (Lipinski definition) is 1. The standard InChI is InChI=1S/C15H21Cl2N/c1-11(14-8-7-13(16)9-15(14)17)18-10-12-5-3-2-4-6-12/h7-9,11-12,18H,2-6,10H2,1H3. The van der Waals surface area contributed by atoms with E-state index in [4.69, 9.17) is 23.2 Å². The summed E-state index contributed by atoms with van der Waals surface area (Å²) in [5, 5.41) is 5.05. The summed E-state index contributed by atoms with van der Waals surface area (Å²) < 4.78 is 0. The van der Waals surface area contributed by atoms with Gasteiger partial charge in [0.2, 0.25) is 0 Å². The lowest BCUT2D eigenvalue weighted by molar-refractivity contribution is 0.331. The molecule has 1 N–H and O–H groups in total. The normalized spacial score (nSPS) is 18.8. The first-order chi connectivity index (χ1) is 8.66. The molecule has 1 atom stereocenters. The molecule has 0 aliphatic heterocycles. The monoisotopic (exact) mass is 285 g/mol. The van der Waals surface area contributed by atoms with E-state index < -0.39 is 0 Å². The van der Waals surface area contributed by atoms with Gasteiger partial charge in [0.25, 0.3) is 0 Å². The largest absolute Gasteiger partial charge is 0.310 e. The second-order valence-electron chi connectivity index (χ2n) is 5.30. The first-order valence-corrected chi connectivity index (χ1v) is 7.60. The van der Waals surface area contributed by atoms with Crippen molar-refractivity contribution >= 4 is 23.2 Å². The first-order valence-electron chi connectivity index (χ1n) is 6.85. The molecule has 1 aliphatic carbocycles. The summed E-state index contributed by atoms with van der Waals surface area (Å²) in [6, 6.07) is 6.03. The van der Waals surface area contributed by atoms with Crippen LogP contribution >= 0.6 is 23.2 Å². The van der Waals surface area contributed by atoms with Crippen LogP contribution in [0, 0.1) is 5.92 Å². The summed E-state index contributed by atoms with van der Waals surface area (Å²) in [6.45, 7) is 3.26. The first kappa shape index (κ1) is 14.2. The summed E-state index contributed by atoms with van der Waals surface area (Å²) >= 11 is 12.1. The molecule has 1 aliphatic rings. The third-order valence-corrected chi connectivity index (χ3v) is 4.43. The van der Waals surface area contributed by atoms with E-state index in [1.807, 2.05) is 18.2 Å². The van der Waals surface area contributed by atoms with Gasteiger partial charge in [0, 0.05) is 16.1 Å². The highest BCUT2D eigenvalue weighted by Crippen LogP contribution is 2.27. The molecule has 2 rings (SSSR count). The molecule has 1 unspecified atom stereocenters. The molecule has 0 saturated heterocycles. The van der Waals surface area contributed by atoms with Crippen LogP contribution in [0.3, 0.4) is 0 Å². The quantitative estimate of drug-likeness (QED) is 0.799. The van der Waals surface area contributed by atoms with Crippen molar-refractivity contribution in [2.45, 2.75) is 45.1 Å². The van der Waals surface area contributed by atoms with Crippen molar-refractivity contribution < 1.29 is 0 Å². The second-order valence-corrected chi connectivity index (χ2v) is 6.14. The zero-order valence-electron chi connectivity index (χ0n) is 10.9. The topological polar surface area (TPSA) is 12.0 Å². The summed E-state index contributed by atoms with van der Waals surface area (Å²) in [6.07, 6.45) is 6.93. The van der Waals surface area contributed by atoms with E-state index in [1.54, 1.807) is 0 Å². The van der Waals surface area contributed by atoms with E-state index in [1.165, 1.54) is 32.1 Å². The Labute approximate surface area is 120 Å². The highest BCUT2D eigenvalue weighted by Gasteiger charge is 2.15. The molecule has 100 valence electrons. The smallest absolute Gasteiger partial charge is 0.0468 e. The molecule has 0 radical (unpaired) electrons. The highest BCUT2D eigenvalue weighted by atomic mass is 35.5. The van der Waals surface area contributed by atoms with Crippen LogP contribution in [-0.2, 0) is 0 Å². The molecule has 3 heteroatoms. The predicted molar refractivity (Wildman–Crippen MR) is 79.5 cm³/mol. The molecule has 0 aromatic heterocycles. The Morgan fingerprint density at radius 3 is 2.61 bits per heavy atom. The van der Waals surface area contributed by atoms with Crippen LogP contribution < -0.4 is 5.32 Å². The van der Waals surface area contributed by atoms with E-state index in [0.29, 0.717) is 5.02 Å². The van der Waals surface area contributed by atoms with Gasteiger partial charge >= 0.3 is 0 Å². The molecular weight excluding hydrogens is 265 g/mol. The predicted octanol–water partition coefficient (Wildman–Crippen LogP) is 5.22. The summed E-state index contributed by atoms with van der Waals surface area (Å²) in [7, 11) is 0. The molecule has 0 bridgehead atoms. The van der Waals surface area contributed by atoms with Crippen molar-refractivity contribution in [2.75, 3.05) is 6.54 Å².